The number of amidine groups is 3. The average Bonchev–Trinajstić information content (AvgIpc) is 3.26. The number of carbonyl (C=O) groups excluding carboxylic acids is 1. The van der Waals surface area contributed by atoms with Gasteiger partial charge in [0.15, 0.2) is 5.17 Å². The van der Waals surface area contributed by atoms with Gasteiger partial charge in [0.2, 0.25) is 5.17 Å². The highest BCUT2D eigenvalue weighted by molar-refractivity contribution is 8.18. The van der Waals surface area contributed by atoms with E-state index in [-0.39, 0.29) is 17.2 Å². The van der Waals surface area contributed by atoms with Gasteiger partial charge in [-0.15, -0.1) is 0 Å². The van der Waals surface area contributed by atoms with Crippen LogP contribution >= 0.6 is 23.7 Å². The first-order chi connectivity index (χ1) is 12.6. The number of nitrogens with one attached hydrogen (secondary N) is 1. The number of aliphatic imine (C=N–C) groups is 1. The molecule has 130 valence electrons. The smallest absolute Gasteiger partial charge is 0.283 e. The van der Waals surface area contributed by atoms with E-state index in [4.69, 9.17) is 5.41 Å². The number of nitrogens with zero attached hydrogens (tertiary/aromatic N) is 4. The third-order valence-electron chi connectivity index (χ3n) is 3.85. The lowest BCUT2D eigenvalue weighted by atomic mass is 10.1. The minimum Gasteiger partial charge on any atom is -0.317 e. The molecule has 0 saturated heterocycles. The van der Waals surface area contributed by atoms with E-state index in [1.807, 2.05) is 29.2 Å². The molecule has 2 aromatic rings. The van der Waals surface area contributed by atoms with E-state index in [9.17, 15) is 9.18 Å². The average molecular weight is 385 g/mol. The van der Waals surface area contributed by atoms with Crippen LogP contribution < -0.4 is 0 Å². The Morgan fingerprint density at radius 1 is 1.27 bits per heavy atom. The Kier molecular flexibility index (Phi) is 4.25. The second-order valence-electron chi connectivity index (χ2n) is 5.39. The van der Waals surface area contributed by atoms with Gasteiger partial charge in [-0.1, -0.05) is 11.8 Å². The molecule has 6 nitrogen and oxygen atoms in total. The van der Waals surface area contributed by atoms with Gasteiger partial charge >= 0.3 is 0 Å². The molecule has 0 spiro atoms. The summed E-state index contributed by atoms with van der Waals surface area (Å²) in [5.74, 6) is -0.745. The summed E-state index contributed by atoms with van der Waals surface area (Å²) < 4.78 is 19.2. The maximum Gasteiger partial charge on any atom is 0.283 e. The number of carbonyl (C=O) groups is 1. The van der Waals surface area contributed by atoms with Crippen LogP contribution in [-0.4, -0.2) is 37.8 Å². The highest BCUT2D eigenvalue weighted by Gasteiger charge is 2.37. The topological polar surface area (TPSA) is 73.8 Å². The number of thioether (sulfide) groups is 1. The van der Waals surface area contributed by atoms with Crippen LogP contribution in [0.1, 0.15) is 5.69 Å². The SMILES string of the molecule is CSC1=NSC2=NC(=O)/C(=C\c3cccn3-c3ccc(F)cc3)C(=N)N12. The second-order valence-corrected chi connectivity index (χ2v) is 6.89. The van der Waals surface area contributed by atoms with Gasteiger partial charge in [-0.05, 0) is 48.7 Å². The summed E-state index contributed by atoms with van der Waals surface area (Å²) in [4.78, 5) is 18.0. The highest BCUT2D eigenvalue weighted by atomic mass is 32.2. The van der Waals surface area contributed by atoms with Crippen LogP contribution in [0.25, 0.3) is 11.8 Å². The van der Waals surface area contributed by atoms with Crippen molar-refractivity contribution in [2.75, 3.05) is 6.26 Å². The largest absolute Gasteiger partial charge is 0.317 e. The Morgan fingerprint density at radius 3 is 2.77 bits per heavy atom. The number of hydrogen-bond acceptors (Lipinski definition) is 5. The Bertz CT molecular complexity index is 1010. The van der Waals surface area contributed by atoms with Crippen molar-refractivity contribution in [1.29, 1.82) is 5.41 Å². The van der Waals surface area contributed by atoms with E-state index >= 15 is 0 Å². The van der Waals surface area contributed by atoms with Gasteiger partial charge in [0.05, 0.1) is 17.5 Å². The number of aromatic nitrogens is 1. The first-order valence-corrected chi connectivity index (χ1v) is 9.54. The summed E-state index contributed by atoms with van der Waals surface area (Å²) in [5, 5.41) is 9.45. The molecule has 4 rings (SSSR count). The van der Waals surface area contributed by atoms with Gasteiger partial charge in [0.25, 0.3) is 5.91 Å². The van der Waals surface area contributed by atoms with Crippen LogP contribution in [0, 0.1) is 11.2 Å². The molecule has 3 heterocycles. The predicted octanol–water partition coefficient (Wildman–Crippen LogP) is 3.56. The van der Waals surface area contributed by atoms with E-state index in [1.165, 1.54) is 23.9 Å². The molecule has 1 N–H and O–H groups in total. The number of hydrogen-bond donors (Lipinski definition) is 1. The van der Waals surface area contributed by atoms with E-state index in [2.05, 4.69) is 9.39 Å². The van der Waals surface area contributed by atoms with Crippen LogP contribution in [-0.2, 0) is 4.79 Å². The molecule has 0 unspecified atom stereocenters. The van der Waals surface area contributed by atoms with Crippen molar-refractivity contribution >= 4 is 51.9 Å². The van der Waals surface area contributed by atoms with Crippen molar-refractivity contribution in [3.05, 3.63) is 59.7 Å². The molecule has 1 amide bonds. The molecule has 2 aliphatic rings. The molecule has 0 bridgehead atoms. The number of fused-ring (bicyclic) bond motifs is 1. The van der Waals surface area contributed by atoms with Crippen molar-refractivity contribution < 1.29 is 9.18 Å². The molecule has 0 radical (unpaired) electrons. The summed E-state index contributed by atoms with van der Waals surface area (Å²) in [5.41, 5.74) is 1.63. The minimum absolute atomic E-state index is 0.0463. The van der Waals surface area contributed by atoms with Crippen LogP contribution in [0.15, 0.2) is 57.6 Å². The van der Waals surface area contributed by atoms with Crippen molar-refractivity contribution in [3.63, 3.8) is 0 Å². The minimum atomic E-state index is -0.474. The van der Waals surface area contributed by atoms with Gasteiger partial charge in [-0.3, -0.25) is 10.2 Å². The first kappa shape index (κ1) is 16.8. The van der Waals surface area contributed by atoms with Crippen molar-refractivity contribution in [2.24, 2.45) is 9.39 Å². The lowest BCUT2D eigenvalue weighted by molar-refractivity contribution is -0.114. The summed E-state index contributed by atoms with van der Waals surface area (Å²) in [6, 6.07) is 9.69. The maximum atomic E-state index is 13.2. The van der Waals surface area contributed by atoms with Crippen molar-refractivity contribution in [3.8, 4) is 5.69 Å². The quantitative estimate of drug-likeness (QED) is 0.634. The normalized spacial score (nSPS) is 18.2. The fraction of sp³-hybridized carbons (Fsp3) is 0.0588. The lowest BCUT2D eigenvalue weighted by Crippen LogP contribution is -2.41. The summed E-state index contributed by atoms with van der Waals surface area (Å²) >= 11 is 2.48. The van der Waals surface area contributed by atoms with Crippen LogP contribution in [0.2, 0.25) is 0 Å². The summed E-state index contributed by atoms with van der Waals surface area (Å²) in [6.07, 6.45) is 5.29. The zero-order chi connectivity index (χ0) is 18.3. The molecule has 9 heteroatoms. The van der Waals surface area contributed by atoms with E-state index < -0.39 is 5.91 Å². The number of halogens is 1. The monoisotopic (exact) mass is 385 g/mol. The molecule has 0 fully saturated rings. The number of rotatable bonds is 2. The maximum absolute atomic E-state index is 13.2. The van der Waals surface area contributed by atoms with Gasteiger partial charge in [-0.25, -0.2) is 9.29 Å². The van der Waals surface area contributed by atoms with Gasteiger partial charge in [0.1, 0.15) is 11.7 Å². The van der Waals surface area contributed by atoms with Crippen LogP contribution in [0.4, 0.5) is 4.39 Å². The fourth-order valence-corrected chi connectivity index (χ4v) is 4.08. The third kappa shape index (κ3) is 2.78. The molecule has 0 atom stereocenters. The third-order valence-corrected chi connectivity index (χ3v) is 5.31. The zero-order valence-electron chi connectivity index (χ0n) is 13.5. The van der Waals surface area contributed by atoms with Gasteiger partial charge in [0, 0.05) is 17.6 Å². The Labute approximate surface area is 157 Å². The van der Waals surface area contributed by atoms with Crippen molar-refractivity contribution in [2.45, 2.75) is 0 Å². The lowest BCUT2D eigenvalue weighted by Gasteiger charge is -2.23. The van der Waals surface area contributed by atoms with E-state index in [0.29, 0.717) is 16.0 Å². The summed E-state index contributed by atoms with van der Waals surface area (Å²) in [6.45, 7) is 0. The molecule has 1 aromatic heterocycles. The predicted molar refractivity (Wildman–Crippen MR) is 104 cm³/mol. The standard InChI is InChI=1S/C17H12FN5OS2/c1-25-17-21-26-16-20-15(24)13(14(19)23(16)17)9-12-3-2-8-22(12)11-6-4-10(18)5-7-11/h2-9,19H,1H3/b13-9-,19-14?. The molecular formula is C17H12FN5OS2. The molecule has 1 aromatic carbocycles. The van der Waals surface area contributed by atoms with Gasteiger partial charge < -0.3 is 4.57 Å². The van der Waals surface area contributed by atoms with Crippen LogP contribution in [0.5, 0.6) is 0 Å². The van der Waals surface area contributed by atoms with E-state index in [0.717, 1.165) is 17.6 Å². The zero-order valence-corrected chi connectivity index (χ0v) is 15.1. The molecular weight excluding hydrogens is 373 g/mol. The van der Waals surface area contributed by atoms with E-state index in [1.54, 1.807) is 23.1 Å². The Balaban J connectivity index is 1.75. The molecule has 0 saturated carbocycles. The first-order valence-electron chi connectivity index (χ1n) is 7.54. The molecule has 26 heavy (non-hydrogen) atoms. The Morgan fingerprint density at radius 2 is 2.04 bits per heavy atom. The highest BCUT2D eigenvalue weighted by Crippen LogP contribution is 2.31. The van der Waals surface area contributed by atoms with Crippen LogP contribution in [0.3, 0.4) is 0 Å². The Hall–Kier alpha value is -2.65. The summed E-state index contributed by atoms with van der Waals surface area (Å²) in [7, 11) is 0. The molecule has 2 aliphatic heterocycles. The van der Waals surface area contributed by atoms with Crippen molar-refractivity contribution in [1.82, 2.24) is 9.47 Å². The number of amides is 1. The molecule has 0 aliphatic carbocycles. The second kappa shape index (κ2) is 6.58. The fourth-order valence-electron chi connectivity index (χ4n) is 2.63. The van der Waals surface area contributed by atoms with Gasteiger partial charge in [-0.2, -0.15) is 9.39 Å². The number of benzene rings is 1.